The molecule has 106 valence electrons. The molecule has 1 amide bonds. The summed E-state index contributed by atoms with van der Waals surface area (Å²) in [5.74, 6) is 0.261. The fourth-order valence-corrected chi connectivity index (χ4v) is 1.89. The summed E-state index contributed by atoms with van der Waals surface area (Å²) in [6.45, 7) is 3.60. The molecule has 19 heavy (non-hydrogen) atoms. The Labute approximate surface area is 113 Å². The number of aliphatic hydroxyl groups is 1. The van der Waals surface area contributed by atoms with E-state index in [2.05, 4.69) is 5.32 Å². The summed E-state index contributed by atoms with van der Waals surface area (Å²) in [7, 11) is 1.70. The van der Waals surface area contributed by atoms with E-state index in [0.717, 1.165) is 5.56 Å². The van der Waals surface area contributed by atoms with Crippen molar-refractivity contribution in [3.8, 4) is 5.75 Å². The van der Waals surface area contributed by atoms with Gasteiger partial charge in [0.05, 0.1) is 18.2 Å². The number of hydrogen-bond donors (Lipinski definition) is 3. The molecule has 0 bridgehead atoms. The predicted molar refractivity (Wildman–Crippen MR) is 73.7 cm³/mol. The second-order valence-corrected chi connectivity index (χ2v) is 4.88. The van der Waals surface area contributed by atoms with Crippen LogP contribution in [0.3, 0.4) is 0 Å². The summed E-state index contributed by atoms with van der Waals surface area (Å²) < 4.78 is 5.75. The van der Waals surface area contributed by atoms with Gasteiger partial charge in [-0.25, -0.2) is 0 Å². The number of rotatable bonds is 7. The van der Waals surface area contributed by atoms with E-state index in [-0.39, 0.29) is 12.7 Å². The summed E-state index contributed by atoms with van der Waals surface area (Å²) in [5, 5.41) is 12.0. The van der Waals surface area contributed by atoms with E-state index in [9.17, 15) is 4.79 Å². The van der Waals surface area contributed by atoms with E-state index in [1.54, 1.807) is 20.0 Å². The highest BCUT2D eigenvalue weighted by Crippen LogP contribution is 2.19. The number of carbonyl (C=O) groups excluding carboxylic acids is 1. The van der Waals surface area contributed by atoms with Crippen molar-refractivity contribution >= 4 is 5.91 Å². The quantitative estimate of drug-likeness (QED) is 0.681. The first-order valence-electron chi connectivity index (χ1n) is 6.26. The van der Waals surface area contributed by atoms with E-state index in [4.69, 9.17) is 15.6 Å². The molecule has 5 heteroatoms. The Balaban J connectivity index is 2.69. The molecule has 0 aromatic heterocycles. The van der Waals surface area contributed by atoms with Crippen LogP contribution < -0.4 is 15.8 Å². The summed E-state index contributed by atoms with van der Waals surface area (Å²) in [6, 6.07) is 7.23. The van der Waals surface area contributed by atoms with Gasteiger partial charge in [0, 0.05) is 6.42 Å². The molecule has 5 nitrogen and oxygen atoms in total. The molecule has 0 saturated heterocycles. The lowest BCUT2D eigenvalue weighted by Gasteiger charge is -2.28. The van der Waals surface area contributed by atoms with Crippen LogP contribution >= 0.6 is 0 Å². The Morgan fingerprint density at radius 3 is 2.79 bits per heavy atom. The second kappa shape index (κ2) is 6.54. The van der Waals surface area contributed by atoms with Gasteiger partial charge in [-0.1, -0.05) is 12.1 Å². The smallest absolute Gasteiger partial charge is 0.237 e. The number of carbonyl (C=O) groups is 1. The van der Waals surface area contributed by atoms with E-state index >= 15 is 0 Å². The average molecular weight is 266 g/mol. The second-order valence-electron chi connectivity index (χ2n) is 4.88. The molecule has 2 unspecified atom stereocenters. The number of nitrogens with two attached hydrogens (primary N) is 1. The van der Waals surface area contributed by atoms with Crippen molar-refractivity contribution in [1.82, 2.24) is 5.32 Å². The normalized spacial score (nSPS) is 15.6. The Hall–Kier alpha value is -1.59. The Morgan fingerprint density at radius 2 is 2.26 bits per heavy atom. The summed E-state index contributed by atoms with van der Waals surface area (Å²) in [5.41, 5.74) is 5.37. The van der Waals surface area contributed by atoms with E-state index in [0.29, 0.717) is 12.2 Å². The topological polar surface area (TPSA) is 84.6 Å². The monoisotopic (exact) mass is 266 g/mol. The molecule has 0 radical (unpaired) electrons. The molecule has 0 saturated carbocycles. The van der Waals surface area contributed by atoms with Crippen molar-refractivity contribution in [2.24, 2.45) is 5.73 Å². The van der Waals surface area contributed by atoms with Crippen molar-refractivity contribution in [3.05, 3.63) is 29.8 Å². The molecule has 0 spiro atoms. The number of amides is 1. The molecule has 0 fully saturated rings. The van der Waals surface area contributed by atoms with Crippen molar-refractivity contribution in [3.63, 3.8) is 0 Å². The van der Waals surface area contributed by atoms with Gasteiger partial charge < -0.3 is 20.9 Å². The van der Waals surface area contributed by atoms with Gasteiger partial charge in [0.2, 0.25) is 5.91 Å². The summed E-state index contributed by atoms with van der Waals surface area (Å²) >= 11 is 0. The molecule has 0 aliphatic rings. The van der Waals surface area contributed by atoms with Gasteiger partial charge >= 0.3 is 0 Å². The number of ether oxygens (including phenoxy) is 1. The third kappa shape index (κ3) is 4.22. The van der Waals surface area contributed by atoms with Crippen LogP contribution in [0.2, 0.25) is 0 Å². The minimum Gasteiger partial charge on any atom is -0.491 e. The standard InChI is InChI=1S/C14H22N2O3/c1-10(8-14(2,16-3)13(15)18)19-12-6-4-5-11(7-12)9-17/h4-7,10,16-17H,8-9H2,1-3H3,(H2,15,18). The third-order valence-electron chi connectivity index (χ3n) is 3.21. The molecular weight excluding hydrogens is 244 g/mol. The molecule has 4 N–H and O–H groups in total. The van der Waals surface area contributed by atoms with Gasteiger partial charge in [0.25, 0.3) is 0 Å². The van der Waals surface area contributed by atoms with Crippen LogP contribution in [-0.4, -0.2) is 29.7 Å². The molecule has 0 aliphatic heterocycles. The van der Waals surface area contributed by atoms with Crippen molar-refractivity contribution in [2.75, 3.05) is 7.05 Å². The number of nitrogens with one attached hydrogen (secondary N) is 1. The highest BCUT2D eigenvalue weighted by molar-refractivity contribution is 5.84. The average Bonchev–Trinajstić information content (AvgIpc) is 2.38. The van der Waals surface area contributed by atoms with Crippen LogP contribution in [0.15, 0.2) is 24.3 Å². The summed E-state index contributed by atoms with van der Waals surface area (Å²) in [6.07, 6.45) is 0.279. The van der Waals surface area contributed by atoms with E-state index in [1.807, 2.05) is 25.1 Å². The van der Waals surface area contributed by atoms with Crippen LogP contribution in [0.25, 0.3) is 0 Å². The molecule has 1 aromatic carbocycles. The first-order valence-corrected chi connectivity index (χ1v) is 6.26. The fraction of sp³-hybridized carbons (Fsp3) is 0.500. The van der Waals surface area contributed by atoms with Crippen LogP contribution in [0.5, 0.6) is 5.75 Å². The lowest BCUT2D eigenvalue weighted by atomic mass is 9.94. The Kier molecular flexibility index (Phi) is 5.32. The number of aliphatic hydroxyl groups excluding tert-OH is 1. The van der Waals surface area contributed by atoms with Crippen LogP contribution in [0.4, 0.5) is 0 Å². The lowest BCUT2D eigenvalue weighted by molar-refractivity contribution is -0.124. The van der Waals surface area contributed by atoms with Crippen molar-refractivity contribution < 1.29 is 14.6 Å². The largest absolute Gasteiger partial charge is 0.491 e. The highest BCUT2D eigenvalue weighted by atomic mass is 16.5. The molecular formula is C14H22N2O3. The lowest BCUT2D eigenvalue weighted by Crippen LogP contribution is -2.53. The predicted octanol–water partition coefficient (Wildman–Crippen LogP) is 0.800. The highest BCUT2D eigenvalue weighted by Gasteiger charge is 2.31. The zero-order valence-electron chi connectivity index (χ0n) is 11.6. The Morgan fingerprint density at radius 1 is 1.58 bits per heavy atom. The SMILES string of the molecule is CNC(C)(CC(C)Oc1cccc(CO)c1)C(N)=O. The Bertz CT molecular complexity index is 436. The molecule has 2 atom stereocenters. The minimum absolute atomic E-state index is 0.0267. The fourth-order valence-electron chi connectivity index (χ4n) is 1.89. The van der Waals surface area contributed by atoms with Crippen LogP contribution in [0.1, 0.15) is 25.8 Å². The maximum Gasteiger partial charge on any atom is 0.237 e. The van der Waals surface area contributed by atoms with Gasteiger partial charge in [-0.05, 0) is 38.6 Å². The molecule has 1 rings (SSSR count). The number of likely N-dealkylation sites (N-methyl/N-ethyl adjacent to an activating group) is 1. The maximum absolute atomic E-state index is 11.4. The molecule has 1 aromatic rings. The summed E-state index contributed by atoms with van der Waals surface area (Å²) in [4.78, 5) is 11.4. The third-order valence-corrected chi connectivity index (χ3v) is 3.21. The van der Waals surface area contributed by atoms with E-state index in [1.165, 1.54) is 0 Å². The van der Waals surface area contributed by atoms with Gasteiger partial charge in [-0.2, -0.15) is 0 Å². The first kappa shape index (κ1) is 15.5. The van der Waals surface area contributed by atoms with Crippen LogP contribution in [-0.2, 0) is 11.4 Å². The maximum atomic E-state index is 11.4. The van der Waals surface area contributed by atoms with E-state index < -0.39 is 11.4 Å². The minimum atomic E-state index is -0.798. The van der Waals surface area contributed by atoms with Crippen molar-refractivity contribution in [1.29, 1.82) is 0 Å². The number of benzene rings is 1. The zero-order chi connectivity index (χ0) is 14.5. The first-order chi connectivity index (χ1) is 8.91. The van der Waals surface area contributed by atoms with Gasteiger partial charge in [0.15, 0.2) is 0 Å². The molecule has 0 aliphatic carbocycles. The van der Waals surface area contributed by atoms with Gasteiger partial charge in [-0.3, -0.25) is 4.79 Å². The molecule has 0 heterocycles. The van der Waals surface area contributed by atoms with Gasteiger partial charge in [-0.15, -0.1) is 0 Å². The zero-order valence-corrected chi connectivity index (χ0v) is 11.6. The van der Waals surface area contributed by atoms with Crippen LogP contribution in [0, 0.1) is 0 Å². The van der Waals surface area contributed by atoms with Crippen molar-refractivity contribution in [2.45, 2.75) is 38.5 Å². The number of primary amides is 1. The van der Waals surface area contributed by atoms with Gasteiger partial charge in [0.1, 0.15) is 5.75 Å². The number of hydrogen-bond acceptors (Lipinski definition) is 4.